The van der Waals surface area contributed by atoms with Crippen molar-refractivity contribution >= 4 is 10.4 Å². The molecule has 0 fully saturated rings. The zero-order valence-corrected chi connectivity index (χ0v) is 12.0. The van der Waals surface area contributed by atoms with E-state index in [0.717, 1.165) is 19.3 Å². The standard InChI is InChI=1S/C8H18O4S.Na/c1-3-5-6-7-8(4-2)12-13(9,10)11;/h8H,3-7H2,1-2H3,(H,9,10,11);/q;+1/p-1/t8-;/m0./s1. The van der Waals surface area contributed by atoms with Gasteiger partial charge in [-0.1, -0.05) is 33.1 Å². The van der Waals surface area contributed by atoms with Crippen molar-refractivity contribution in [3.05, 3.63) is 0 Å². The average molecular weight is 232 g/mol. The van der Waals surface area contributed by atoms with E-state index in [1.807, 2.05) is 6.92 Å². The molecule has 0 radical (unpaired) electrons. The molecule has 0 spiro atoms. The van der Waals surface area contributed by atoms with Gasteiger partial charge in [0.05, 0.1) is 6.10 Å². The molecule has 0 amide bonds. The maximum atomic E-state index is 10.3. The Balaban J connectivity index is 0. The van der Waals surface area contributed by atoms with Gasteiger partial charge in [0.15, 0.2) is 0 Å². The SMILES string of the molecule is CCCCC[C@H](CC)OS(=O)(=O)[O-].[Na+]. The van der Waals surface area contributed by atoms with E-state index in [-0.39, 0.29) is 29.6 Å². The van der Waals surface area contributed by atoms with Crippen LogP contribution in [0.2, 0.25) is 0 Å². The molecule has 0 rings (SSSR count). The van der Waals surface area contributed by atoms with Gasteiger partial charge in [-0.2, -0.15) is 0 Å². The molecular formula is C8H17NaO4S. The van der Waals surface area contributed by atoms with Gasteiger partial charge < -0.3 is 4.55 Å². The Bertz CT molecular complexity index is 215. The second-order valence-corrected chi connectivity index (χ2v) is 4.04. The predicted octanol–water partition coefficient (Wildman–Crippen LogP) is -1.17. The molecule has 0 saturated heterocycles. The summed E-state index contributed by atoms with van der Waals surface area (Å²) in [4.78, 5) is 0. The van der Waals surface area contributed by atoms with Gasteiger partial charge in [0.1, 0.15) is 0 Å². The maximum Gasteiger partial charge on any atom is 1.00 e. The minimum absolute atomic E-state index is 0. The predicted molar refractivity (Wildman–Crippen MR) is 49.0 cm³/mol. The largest absolute Gasteiger partial charge is 1.00 e. The van der Waals surface area contributed by atoms with E-state index in [9.17, 15) is 13.0 Å². The molecule has 1 atom stereocenters. The van der Waals surface area contributed by atoms with Crippen molar-refractivity contribution < 1.29 is 46.7 Å². The molecular weight excluding hydrogens is 215 g/mol. The second-order valence-electron chi connectivity index (χ2n) is 3.03. The molecule has 80 valence electrons. The Morgan fingerprint density at radius 2 is 1.86 bits per heavy atom. The smallest absolute Gasteiger partial charge is 0.726 e. The Kier molecular flexibility index (Phi) is 11.3. The van der Waals surface area contributed by atoms with Gasteiger partial charge in [-0.15, -0.1) is 0 Å². The van der Waals surface area contributed by atoms with Crippen LogP contribution in [-0.2, 0) is 14.6 Å². The van der Waals surface area contributed by atoms with Crippen LogP contribution in [0.3, 0.4) is 0 Å². The minimum Gasteiger partial charge on any atom is -0.726 e. The topological polar surface area (TPSA) is 66.4 Å². The Morgan fingerprint density at radius 1 is 1.29 bits per heavy atom. The van der Waals surface area contributed by atoms with Crippen molar-refractivity contribution in [3.63, 3.8) is 0 Å². The summed E-state index contributed by atoms with van der Waals surface area (Å²) in [7, 11) is -4.52. The van der Waals surface area contributed by atoms with E-state index in [2.05, 4.69) is 11.1 Å². The normalized spacial score (nSPS) is 13.4. The summed E-state index contributed by atoms with van der Waals surface area (Å²) in [6.45, 7) is 3.87. The first kappa shape index (κ1) is 17.3. The minimum atomic E-state index is -4.52. The molecule has 0 aromatic heterocycles. The van der Waals surface area contributed by atoms with Crippen molar-refractivity contribution in [1.82, 2.24) is 0 Å². The van der Waals surface area contributed by atoms with Gasteiger partial charge in [-0.05, 0) is 12.8 Å². The molecule has 14 heavy (non-hydrogen) atoms. The molecule has 0 aromatic rings. The van der Waals surface area contributed by atoms with Crippen LogP contribution >= 0.6 is 0 Å². The first-order valence-electron chi connectivity index (χ1n) is 4.63. The van der Waals surface area contributed by atoms with Crippen molar-refractivity contribution in [1.29, 1.82) is 0 Å². The van der Waals surface area contributed by atoms with Crippen LogP contribution in [0.1, 0.15) is 46.0 Å². The fraction of sp³-hybridized carbons (Fsp3) is 1.00. The first-order valence-corrected chi connectivity index (χ1v) is 5.97. The molecule has 4 nitrogen and oxygen atoms in total. The van der Waals surface area contributed by atoms with E-state index >= 15 is 0 Å². The van der Waals surface area contributed by atoms with Crippen molar-refractivity contribution in [2.24, 2.45) is 0 Å². The molecule has 0 saturated carbocycles. The van der Waals surface area contributed by atoms with Gasteiger partial charge in [0.25, 0.3) is 0 Å². The Morgan fingerprint density at radius 3 is 2.21 bits per heavy atom. The maximum absolute atomic E-state index is 10.3. The molecule has 0 aliphatic rings. The first-order chi connectivity index (χ1) is 5.99. The van der Waals surface area contributed by atoms with E-state index < -0.39 is 16.5 Å². The molecule has 0 aliphatic carbocycles. The quantitative estimate of drug-likeness (QED) is 0.240. The fourth-order valence-corrected chi connectivity index (χ4v) is 1.67. The zero-order valence-electron chi connectivity index (χ0n) is 9.15. The van der Waals surface area contributed by atoms with E-state index in [4.69, 9.17) is 0 Å². The summed E-state index contributed by atoms with van der Waals surface area (Å²) in [5.41, 5.74) is 0. The second kappa shape index (κ2) is 9.12. The third-order valence-electron chi connectivity index (χ3n) is 1.84. The van der Waals surface area contributed by atoms with Crippen LogP contribution in [0.15, 0.2) is 0 Å². The number of rotatable bonds is 7. The number of hydrogen-bond donors (Lipinski definition) is 0. The van der Waals surface area contributed by atoms with Gasteiger partial charge in [-0.3, -0.25) is 4.18 Å². The number of unbranched alkanes of at least 4 members (excludes halogenated alkanes) is 2. The Hall–Kier alpha value is 0.870. The van der Waals surface area contributed by atoms with Crippen molar-refractivity contribution in [2.45, 2.75) is 52.1 Å². The summed E-state index contributed by atoms with van der Waals surface area (Å²) >= 11 is 0. The van der Waals surface area contributed by atoms with Crippen LogP contribution in [0.25, 0.3) is 0 Å². The molecule has 0 unspecified atom stereocenters. The monoisotopic (exact) mass is 232 g/mol. The molecule has 0 bridgehead atoms. The number of hydrogen-bond acceptors (Lipinski definition) is 4. The van der Waals surface area contributed by atoms with E-state index in [0.29, 0.717) is 12.8 Å². The van der Waals surface area contributed by atoms with E-state index in [1.54, 1.807) is 0 Å². The van der Waals surface area contributed by atoms with Gasteiger partial charge in [0.2, 0.25) is 10.4 Å². The van der Waals surface area contributed by atoms with E-state index in [1.165, 1.54) is 0 Å². The third-order valence-corrected chi connectivity index (χ3v) is 2.35. The Labute approximate surface area is 109 Å². The summed E-state index contributed by atoms with van der Waals surface area (Å²) in [6, 6.07) is 0. The summed E-state index contributed by atoms with van der Waals surface area (Å²) in [5, 5.41) is 0. The van der Waals surface area contributed by atoms with Crippen LogP contribution in [0, 0.1) is 0 Å². The van der Waals surface area contributed by atoms with Gasteiger partial charge in [0, 0.05) is 0 Å². The molecule has 0 aliphatic heterocycles. The van der Waals surface area contributed by atoms with Crippen molar-refractivity contribution in [3.8, 4) is 0 Å². The van der Waals surface area contributed by atoms with Crippen molar-refractivity contribution in [2.75, 3.05) is 0 Å². The molecule has 0 aromatic carbocycles. The van der Waals surface area contributed by atoms with Crippen LogP contribution in [0.5, 0.6) is 0 Å². The van der Waals surface area contributed by atoms with Gasteiger partial charge >= 0.3 is 29.6 Å². The molecule has 6 heteroatoms. The average Bonchev–Trinajstić information content (AvgIpc) is 2.01. The van der Waals surface area contributed by atoms with Crippen LogP contribution in [-0.4, -0.2) is 19.1 Å². The third kappa shape index (κ3) is 10.9. The molecule has 0 heterocycles. The summed E-state index contributed by atoms with van der Waals surface area (Å²) < 4.78 is 35.1. The fourth-order valence-electron chi connectivity index (χ4n) is 1.11. The molecule has 0 N–H and O–H groups in total. The van der Waals surface area contributed by atoms with Crippen LogP contribution < -0.4 is 29.6 Å². The zero-order chi connectivity index (χ0) is 10.3. The summed E-state index contributed by atoms with van der Waals surface area (Å²) in [6.07, 6.45) is 3.79. The summed E-state index contributed by atoms with van der Waals surface area (Å²) in [5.74, 6) is 0. The van der Waals surface area contributed by atoms with Crippen LogP contribution in [0.4, 0.5) is 0 Å². The van der Waals surface area contributed by atoms with Gasteiger partial charge in [-0.25, -0.2) is 8.42 Å².